The number of nitrogens with zero attached hydrogens (tertiary/aromatic N) is 1. The third-order valence-electron chi connectivity index (χ3n) is 2.33. The van der Waals surface area contributed by atoms with Crippen molar-refractivity contribution < 1.29 is 4.79 Å². The molecule has 0 atom stereocenters. The SMILES string of the molecule is CC(C)CC(=O)Nc1ccc(CN(C)C)cc1. The number of carbonyl (C=O) groups is 1. The highest BCUT2D eigenvalue weighted by molar-refractivity contribution is 5.90. The zero-order chi connectivity index (χ0) is 12.8. The minimum atomic E-state index is 0.0837. The van der Waals surface area contributed by atoms with E-state index in [9.17, 15) is 4.79 Å². The summed E-state index contributed by atoms with van der Waals surface area (Å²) in [5, 5.41) is 2.90. The molecule has 0 aliphatic carbocycles. The van der Waals surface area contributed by atoms with Crippen LogP contribution < -0.4 is 5.32 Å². The van der Waals surface area contributed by atoms with Gasteiger partial charge in [-0.2, -0.15) is 0 Å². The van der Waals surface area contributed by atoms with Gasteiger partial charge in [0.15, 0.2) is 0 Å². The van der Waals surface area contributed by atoms with Crippen molar-refractivity contribution in [2.75, 3.05) is 19.4 Å². The molecule has 94 valence electrons. The number of benzene rings is 1. The Morgan fingerprint density at radius 2 is 1.82 bits per heavy atom. The van der Waals surface area contributed by atoms with Gasteiger partial charge >= 0.3 is 0 Å². The molecule has 3 nitrogen and oxygen atoms in total. The third-order valence-corrected chi connectivity index (χ3v) is 2.33. The molecular formula is C14H22N2O. The first-order valence-corrected chi connectivity index (χ1v) is 6.01. The Kier molecular flexibility index (Phi) is 5.16. The van der Waals surface area contributed by atoms with E-state index in [1.807, 2.05) is 52.2 Å². The second kappa shape index (κ2) is 6.40. The first-order chi connectivity index (χ1) is 7.97. The van der Waals surface area contributed by atoms with Crippen LogP contribution in [-0.4, -0.2) is 24.9 Å². The number of nitrogens with one attached hydrogen (secondary N) is 1. The van der Waals surface area contributed by atoms with Crippen molar-refractivity contribution in [3.8, 4) is 0 Å². The summed E-state index contributed by atoms with van der Waals surface area (Å²) in [5.41, 5.74) is 2.12. The lowest BCUT2D eigenvalue weighted by atomic mass is 10.1. The maximum absolute atomic E-state index is 11.6. The fraction of sp³-hybridized carbons (Fsp3) is 0.500. The van der Waals surface area contributed by atoms with Gasteiger partial charge in [-0.1, -0.05) is 26.0 Å². The second-order valence-corrected chi connectivity index (χ2v) is 5.08. The lowest BCUT2D eigenvalue weighted by Crippen LogP contribution is -2.14. The van der Waals surface area contributed by atoms with Crippen LogP contribution in [0, 0.1) is 5.92 Å². The molecule has 0 aliphatic heterocycles. The molecule has 17 heavy (non-hydrogen) atoms. The van der Waals surface area contributed by atoms with Gasteiger partial charge in [-0.05, 0) is 37.7 Å². The van der Waals surface area contributed by atoms with Gasteiger partial charge in [0.05, 0.1) is 0 Å². The first kappa shape index (κ1) is 13.7. The molecular weight excluding hydrogens is 212 g/mol. The molecule has 0 heterocycles. The lowest BCUT2D eigenvalue weighted by Gasteiger charge is -2.11. The highest BCUT2D eigenvalue weighted by Gasteiger charge is 2.05. The van der Waals surface area contributed by atoms with Gasteiger partial charge in [0.1, 0.15) is 0 Å². The average Bonchev–Trinajstić information content (AvgIpc) is 2.18. The van der Waals surface area contributed by atoms with E-state index < -0.39 is 0 Å². The van der Waals surface area contributed by atoms with Gasteiger partial charge in [0, 0.05) is 18.7 Å². The van der Waals surface area contributed by atoms with Gasteiger partial charge in [-0.15, -0.1) is 0 Å². The van der Waals surface area contributed by atoms with Crippen molar-refractivity contribution in [2.24, 2.45) is 5.92 Å². The molecule has 1 N–H and O–H groups in total. The van der Waals surface area contributed by atoms with Crippen LogP contribution in [0.5, 0.6) is 0 Å². The monoisotopic (exact) mass is 234 g/mol. The molecule has 0 unspecified atom stereocenters. The topological polar surface area (TPSA) is 32.3 Å². The summed E-state index contributed by atoms with van der Waals surface area (Å²) in [4.78, 5) is 13.7. The number of rotatable bonds is 5. The molecule has 0 aliphatic rings. The Balaban J connectivity index is 2.53. The number of anilines is 1. The van der Waals surface area contributed by atoms with E-state index in [4.69, 9.17) is 0 Å². The molecule has 0 saturated carbocycles. The first-order valence-electron chi connectivity index (χ1n) is 6.01. The molecule has 0 spiro atoms. The third kappa shape index (κ3) is 5.50. The molecule has 0 fully saturated rings. The van der Waals surface area contributed by atoms with E-state index >= 15 is 0 Å². The van der Waals surface area contributed by atoms with Crippen LogP contribution in [-0.2, 0) is 11.3 Å². The highest BCUT2D eigenvalue weighted by Crippen LogP contribution is 2.12. The molecule has 1 rings (SSSR count). The number of carbonyl (C=O) groups excluding carboxylic acids is 1. The standard InChI is InChI=1S/C14H22N2O/c1-11(2)9-14(17)15-13-7-5-12(6-8-13)10-16(3)4/h5-8,11H,9-10H2,1-4H3,(H,15,17). The van der Waals surface area contributed by atoms with E-state index in [0.717, 1.165) is 12.2 Å². The summed E-state index contributed by atoms with van der Waals surface area (Å²) >= 11 is 0. The largest absolute Gasteiger partial charge is 0.326 e. The Hall–Kier alpha value is -1.35. The van der Waals surface area contributed by atoms with Crippen molar-refractivity contribution in [1.29, 1.82) is 0 Å². The summed E-state index contributed by atoms with van der Waals surface area (Å²) in [6, 6.07) is 8.00. The smallest absolute Gasteiger partial charge is 0.224 e. The van der Waals surface area contributed by atoms with Gasteiger partial charge in [0.2, 0.25) is 5.91 Å². The van der Waals surface area contributed by atoms with E-state index in [0.29, 0.717) is 12.3 Å². The fourth-order valence-corrected chi connectivity index (χ4v) is 1.64. The van der Waals surface area contributed by atoms with Gasteiger partial charge in [-0.25, -0.2) is 0 Å². The Morgan fingerprint density at radius 3 is 2.29 bits per heavy atom. The highest BCUT2D eigenvalue weighted by atomic mass is 16.1. The maximum atomic E-state index is 11.6. The Labute approximate surface area is 104 Å². The zero-order valence-electron chi connectivity index (χ0n) is 11.2. The number of amides is 1. The molecule has 0 radical (unpaired) electrons. The van der Waals surface area contributed by atoms with Crippen LogP contribution in [0.25, 0.3) is 0 Å². The molecule has 3 heteroatoms. The summed E-state index contributed by atoms with van der Waals surface area (Å²) in [5.74, 6) is 0.475. The summed E-state index contributed by atoms with van der Waals surface area (Å²) in [6.07, 6.45) is 0.569. The summed E-state index contributed by atoms with van der Waals surface area (Å²) < 4.78 is 0. The van der Waals surface area contributed by atoms with E-state index in [1.54, 1.807) is 0 Å². The quantitative estimate of drug-likeness (QED) is 0.849. The normalized spacial score (nSPS) is 10.9. The van der Waals surface area contributed by atoms with E-state index in [1.165, 1.54) is 5.56 Å². The zero-order valence-corrected chi connectivity index (χ0v) is 11.2. The van der Waals surface area contributed by atoms with Crippen molar-refractivity contribution in [3.63, 3.8) is 0 Å². The van der Waals surface area contributed by atoms with Crippen LogP contribution >= 0.6 is 0 Å². The predicted octanol–water partition coefficient (Wildman–Crippen LogP) is 2.73. The van der Waals surface area contributed by atoms with E-state index in [-0.39, 0.29) is 5.91 Å². The van der Waals surface area contributed by atoms with Crippen LogP contribution in [0.4, 0.5) is 5.69 Å². The van der Waals surface area contributed by atoms with Crippen molar-refractivity contribution in [2.45, 2.75) is 26.8 Å². The summed E-state index contributed by atoms with van der Waals surface area (Å²) in [6.45, 7) is 5.00. The molecule has 0 saturated heterocycles. The Bertz CT molecular complexity index is 355. The molecule has 1 aromatic carbocycles. The van der Waals surface area contributed by atoms with Crippen LogP contribution in [0.2, 0.25) is 0 Å². The fourth-order valence-electron chi connectivity index (χ4n) is 1.64. The van der Waals surface area contributed by atoms with Crippen molar-refractivity contribution >= 4 is 11.6 Å². The van der Waals surface area contributed by atoms with Gasteiger partial charge in [-0.3, -0.25) is 4.79 Å². The van der Waals surface area contributed by atoms with Crippen LogP contribution in [0.15, 0.2) is 24.3 Å². The Morgan fingerprint density at radius 1 is 1.24 bits per heavy atom. The summed E-state index contributed by atoms with van der Waals surface area (Å²) in [7, 11) is 4.08. The average molecular weight is 234 g/mol. The van der Waals surface area contributed by atoms with E-state index in [2.05, 4.69) is 10.2 Å². The lowest BCUT2D eigenvalue weighted by molar-refractivity contribution is -0.116. The molecule has 0 aromatic heterocycles. The molecule has 0 bridgehead atoms. The maximum Gasteiger partial charge on any atom is 0.224 e. The minimum Gasteiger partial charge on any atom is -0.326 e. The minimum absolute atomic E-state index is 0.0837. The van der Waals surface area contributed by atoms with Gasteiger partial charge in [0.25, 0.3) is 0 Å². The van der Waals surface area contributed by atoms with Crippen LogP contribution in [0.1, 0.15) is 25.8 Å². The number of hydrogen-bond acceptors (Lipinski definition) is 2. The second-order valence-electron chi connectivity index (χ2n) is 5.08. The van der Waals surface area contributed by atoms with Crippen molar-refractivity contribution in [3.05, 3.63) is 29.8 Å². The van der Waals surface area contributed by atoms with Crippen LogP contribution in [0.3, 0.4) is 0 Å². The molecule has 1 aromatic rings. The van der Waals surface area contributed by atoms with Crippen molar-refractivity contribution in [1.82, 2.24) is 4.90 Å². The predicted molar refractivity (Wildman–Crippen MR) is 71.9 cm³/mol. The van der Waals surface area contributed by atoms with Gasteiger partial charge < -0.3 is 10.2 Å². The number of hydrogen-bond donors (Lipinski definition) is 1. The molecule has 1 amide bonds.